The van der Waals surface area contributed by atoms with E-state index in [1.54, 1.807) is 6.20 Å². The predicted octanol–water partition coefficient (Wildman–Crippen LogP) is 4.09. The maximum Gasteiger partial charge on any atom is 0.257 e. The molecule has 0 aliphatic rings. The number of rotatable bonds is 5. The van der Waals surface area contributed by atoms with E-state index in [9.17, 15) is 4.79 Å². The molecule has 7 heteroatoms. The average Bonchev–Trinajstić information content (AvgIpc) is 3.05. The first-order valence-electron chi connectivity index (χ1n) is 7.35. The Hall–Kier alpha value is -2.25. The first-order chi connectivity index (χ1) is 11.6. The molecule has 0 aliphatic heterocycles. The number of nitrogens with one attached hydrogen (secondary N) is 1. The van der Waals surface area contributed by atoms with Crippen LogP contribution >= 0.6 is 23.1 Å². The van der Waals surface area contributed by atoms with Crippen LogP contribution in [0.1, 0.15) is 27.3 Å². The van der Waals surface area contributed by atoms with Crippen LogP contribution in [0.5, 0.6) is 0 Å². The van der Waals surface area contributed by atoms with E-state index >= 15 is 0 Å². The van der Waals surface area contributed by atoms with E-state index in [-0.39, 0.29) is 5.91 Å². The normalized spacial score (nSPS) is 10.6. The minimum atomic E-state index is -0.150. The van der Waals surface area contributed by atoms with Gasteiger partial charge in [0.1, 0.15) is 0 Å². The van der Waals surface area contributed by atoms with Crippen molar-refractivity contribution >= 4 is 34.1 Å². The highest BCUT2D eigenvalue weighted by molar-refractivity contribution is 7.98. The summed E-state index contributed by atoms with van der Waals surface area (Å²) in [5.74, 6) is 0.479. The van der Waals surface area contributed by atoms with Crippen LogP contribution in [-0.4, -0.2) is 20.9 Å². The molecule has 3 aromatic rings. The van der Waals surface area contributed by atoms with E-state index in [2.05, 4.69) is 20.3 Å². The minimum Gasteiger partial charge on any atom is -0.298 e. The zero-order valence-electron chi connectivity index (χ0n) is 13.3. The molecule has 2 aromatic heterocycles. The SMILES string of the molecule is Cc1cc(C)nc(SCc2ccccc2C(=O)Nc2nccs2)n1. The summed E-state index contributed by atoms with van der Waals surface area (Å²) < 4.78 is 0. The third kappa shape index (κ3) is 4.18. The first-order valence-corrected chi connectivity index (χ1v) is 9.22. The third-order valence-corrected chi connectivity index (χ3v) is 4.82. The Labute approximate surface area is 148 Å². The molecule has 1 N–H and O–H groups in total. The molecule has 0 unspecified atom stereocenters. The predicted molar refractivity (Wildman–Crippen MR) is 97.6 cm³/mol. The second-order valence-electron chi connectivity index (χ2n) is 5.17. The molecule has 0 fully saturated rings. The number of hydrogen-bond donors (Lipinski definition) is 1. The van der Waals surface area contributed by atoms with E-state index < -0.39 is 0 Å². The highest BCUT2D eigenvalue weighted by Gasteiger charge is 2.13. The molecule has 2 heterocycles. The van der Waals surface area contributed by atoms with Crippen molar-refractivity contribution in [2.24, 2.45) is 0 Å². The number of anilines is 1. The molecule has 0 atom stereocenters. The van der Waals surface area contributed by atoms with E-state index in [1.165, 1.54) is 23.1 Å². The largest absolute Gasteiger partial charge is 0.298 e. The lowest BCUT2D eigenvalue weighted by Gasteiger charge is -2.09. The highest BCUT2D eigenvalue weighted by atomic mass is 32.2. The Morgan fingerprint density at radius 1 is 1.21 bits per heavy atom. The fraction of sp³-hybridized carbons (Fsp3) is 0.176. The lowest BCUT2D eigenvalue weighted by atomic mass is 10.1. The molecule has 1 aromatic carbocycles. The number of carbonyl (C=O) groups excluding carboxylic acids is 1. The van der Waals surface area contributed by atoms with E-state index in [1.807, 2.05) is 49.6 Å². The molecule has 1 amide bonds. The standard InChI is InChI=1S/C17H16N4OS2/c1-11-9-12(2)20-17(19-11)24-10-13-5-3-4-6-14(13)15(22)21-16-18-7-8-23-16/h3-9H,10H2,1-2H3,(H,18,21,22). The van der Waals surface area contributed by atoms with Gasteiger partial charge in [0.25, 0.3) is 5.91 Å². The van der Waals surface area contributed by atoms with Gasteiger partial charge in [0.2, 0.25) is 0 Å². The fourth-order valence-corrected chi connectivity index (χ4v) is 3.70. The summed E-state index contributed by atoms with van der Waals surface area (Å²) in [6.45, 7) is 3.91. The summed E-state index contributed by atoms with van der Waals surface area (Å²) in [4.78, 5) is 25.4. The van der Waals surface area contributed by atoms with Crippen LogP contribution in [0.2, 0.25) is 0 Å². The van der Waals surface area contributed by atoms with Crippen LogP contribution < -0.4 is 5.32 Å². The van der Waals surface area contributed by atoms with Crippen molar-refractivity contribution in [2.45, 2.75) is 24.8 Å². The molecule has 0 bridgehead atoms. The molecule has 3 rings (SSSR count). The van der Waals surface area contributed by atoms with Crippen molar-refractivity contribution in [3.8, 4) is 0 Å². The quantitative estimate of drug-likeness (QED) is 0.551. The van der Waals surface area contributed by atoms with Gasteiger partial charge in [-0.1, -0.05) is 30.0 Å². The van der Waals surface area contributed by atoms with E-state index in [4.69, 9.17) is 0 Å². The van der Waals surface area contributed by atoms with Gasteiger partial charge in [-0.25, -0.2) is 15.0 Å². The zero-order chi connectivity index (χ0) is 16.9. The fourth-order valence-electron chi connectivity index (χ4n) is 2.22. The summed E-state index contributed by atoms with van der Waals surface area (Å²) in [5, 5.41) is 5.97. The molecular formula is C17H16N4OS2. The van der Waals surface area contributed by atoms with Gasteiger partial charge in [0, 0.05) is 34.3 Å². The first kappa shape index (κ1) is 16.6. The molecule has 24 heavy (non-hydrogen) atoms. The summed E-state index contributed by atoms with van der Waals surface area (Å²) in [5.41, 5.74) is 3.48. The van der Waals surface area contributed by atoms with Crippen LogP contribution in [0.25, 0.3) is 0 Å². The van der Waals surface area contributed by atoms with Crippen molar-refractivity contribution < 1.29 is 4.79 Å². The molecule has 5 nitrogen and oxygen atoms in total. The van der Waals surface area contributed by atoms with Gasteiger partial charge >= 0.3 is 0 Å². The number of amides is 1. The summed E-state index contributed by atoms with van der Waals surface area (Å²) >= 11 is 2.92. The van der Waals surface area contributed by atoms with Crippen molar-refractivity contribution in [3.63, 3.8) is 0 Å². The summed E-state index contributed by atoms with van der Waals surface area (Å²) in [6.07, 6.45) is 1.67. The Balaban J connectivity index is 1.75. The van der Waals surface area contributed by atoms with Crippen LogP contribution in [0.3, 0.4) is 0 Å². The van der Waals surface area contributed by atoms with Gasteiger partial charge in [0.05, 0.1) is 0 Å². The number of nitrogens with zero attached hydrogens (tertiary/aromatic N) is 3. The number of benzene rings is 1. The van der Waals surface area contributed by atoms with E-state index in [0.29, 0.717) is 16.4 Å². The Morgan fingerprint density at radius 2 is 1.96 bits per heavy atom. The monoisotopic (exact) mass is 356 g/mol. The zero-order valence-corrected chi connectivity index (χ0v) is 14.9. The number of carbonyl (C=O) groups is 1. The van der Waals surface area contributed by atoms with Crippen molar-refractivity contribution in [1.82, 2.24) is 15.0 Å². The van der Waals surface area contributed by atoms with Crippen molar-refractivity contribution in [1.29, 1.82) is 0 Å². The van der Waals surface area contributed by atoms with Crippen molar-refractivity contribution in [2.75, 3.05) is 5.32 Å². The van der Waals surface area contributed by atoms with Gasteiger partial charge in [-0.3, -0.25) is 10.1 Å². The molecule has 0 saturated heterocycles. The van der Waals surface area contributed by atoms with Crippen LogP contribution in [0.4, 0.5) is 5.13 Å². The Kier molecular flexibility index (Phi) is 5.22. The minimum absolute atomic E-state index is 0.150. The van der Waals surface area contributed by atoms with Crippen LogP contribution in [0, 0.1) is 13.8 Å². The van der Waals surface area contributed by atoms with Gasteiger partial charge in [0.15, 0.2) is 10.3 Å². The second-order valence-corrected chi connectivity index (χ2v) is 7.01. The van der Waals surface area contributed by atoms with Crippen molar-refractivity contribution in [3.05, 3.63) is 64.4 Å². The van der Waals surface area contributed by atoms with Crippen LogP contribution in [0.15, 0.2) is 47.1 Å². The Morgan fingerprint density at radius 3 is 2.67 bits per heavy atom. The molecule has 0 spiro atoms. The maximum atomic E-state index is 12.5. The van der Waals surface area contributed by atoms with E-state index in [0.717, 1.165) is 22.1 Å². The van der Waals surface area contributed by atoms with Gasteiger partial charge in [-0.15, -0.1) is 11.3 Å². The summed E-state index contributed by atoms with van der Waals surface area (Å²) in [7, 11) is 0. The lowest BCUT2D eigenvalue weighted by molar-refractivity contribution is 0.102. The van der Waals surface area contributed by atoms with Gasteiger partial charge in [-0.2, -0.15) is 0 Å². The number of aryl methyl sites for hydroxylation is 2. The lowest BCUT2D eigenvalue weighted by Crippen LogP contribution is -2.13. The third-order valence-electron chi connectivity index (χ3n) is 3.23. The topological polar surface area (TPSA) is 67.8 Å². The molecule has 122 valence electrons. The number of hydrogen-bond acceptors (Lipinski definition) is 6. The van der Waals surface area contributed by atoms with Gasteiger partial charge < -0.3 is 0 Å². The average molecular weight is 356 g/mol. The molecule has 0 saturated carbocycles. The number of thioether (sulfide) groups is 1. The molecule has 0 radical (unpaired) electrons. The smallest absolute Gasteiger partial charge is 0.257 e. The molecular weight excluding hydrogens is 340 g/mol. The second kappa shape index (κ2) is 7.55. The highest BCUT2D eigenvalue weighted by Crippen LogP contribution is 2.23. The number of thiazole rings is 1. The maximum absolute atomic E-state index is 12.5. The molecule has 0 aliphatic carbocycles. The summed E-state index contributed by atoms with van der Waals surface area (Å²) in [6, 6.07) is 9.50. The Bertz CT molecular complexity index is 829. The van der Waals surface area contributed by atoms with Gasteiger partial charge in [-0.05, 0) is 31.5 Å². The van der Waals surface area contributed by atoms with Crippen LogP contribution in [-0.2, 0) is 5.75 Å². The number of aromatic nitrogens is 3.